The van der Waals surface area contributed by atoms with E-state index in [-0.39, 0.29) is 18.9 Å². The first-order valence-electron chi connectivity index (χ1n) is 6.62. The van der Waals surface area contributed by atoms with Crippen LogP contribution in [0.3, 0.4) is 0 Å². The Morgan fingerprint density at radius 2 is 1.95 bits per heavy atom. The van der Waals surface area contributed by atoms with Gasteiger partial charge in [-0.1, -0.05) is 6.07 Å². The zero-order valence-corrected chi connectivity index (χ0v) is 12.0. The molecular formula is C15H17N3O3. The molecule has 1 aromatic carbocycles. The Bertz CT molecular complexity index is 774. The molecule has 1 aromatic heterocycles. The van der Waals surface area contributed by atoms with Crippen LogP contribution in [0.2, 0.25) is 0 Å². The number of nitrogens with one attached hydrogen (secondary N) is 2. The molecule has 0 saturated heterocycles. The molecule has 1 amide bonds. The topological polar surface area (TPSA) is 84.0 Å². The van der Waals surface area contributed by atoms with E-state index in [0.29, 0.717) is 0 Å². The third kappa shape index (κ3) is 3.92. The molecule has 2 rings (SSSR count). The third-order valence-electron chi connectivity index (χ3n) is 3.27. The van der Waals surface area contributed by atoms with Crippen LogP contribution in [0.4, 0.5) is 5.69 Å². The summed E-state index contributed by atoms with van der Waals surface area (Å²) in [5, 5.41) is 2.78. The normalized spacial score (nSPS) is 10.4. The van der Waals surface area contributed by atoms with Gasteiger partial charge in [-0.15, -0.1) is 0 Å². The average Bonchev–Trinajstić information content (AvgIpc) is 2.42. The molecule has 0 aliphatic carbocycles. The lowest BCUT2D eigenvalue weighted by Gasteiger charge is -2.08. The summed E-state index contributed by atoms with van der Waals surface area (Å²) in [7, 11) is 0. The molecule has 1 heterocycles. The fourth-order valence-corrected chi connectivity index (χ4v) is 1.88. The molecular weight excluding hydrogens is 270 g/mol. The van der Waals surface area contributed by atoms with E-state index in [1.165, 1.54) is 16.8 Å². The van der Waals surface area contributed by atoms with E-state index in [2.05, 4.69) is 10.3 Å². The quantitative estimate of drug-likeness (QED) is 0.885. The minimum atomic E-state index is -0.513. The lowest BCUT2D eigenvalue weighted by Crippen LogP contribution is -2.29. The Morgan fingerprint density at radius 3 is 2.62 bits per heavy atom. The molecule has 6 heteroatoms. The van der Waals surface area contributed by atoms with Gasteiger partial charge in [-0.25, -0.2) is 4.79 Å². The lowest BCUT2D eigenvalue weighted by molar-refractivity contribution is -0.116. The molecule has 6 nitrogen and oxygen atoms in total. The molecule has 0 saturated carbocycles. The Morgan fingerprint density at radius 1 is 1.19 bits per heavy atom. The second-order valence-electron chi connectivity index (χ2n) is 4.90. The zero-order chi connectivity index (χ0) is 15.4. The number of aromatic nitrogens is 2. The summed E-state index contributed by atoms with van der Waals surface area (Å²) in [5.74, 6) is -0.184. The highest BCUT2D eigenvalue weighted by Crippen LogP contribution is 2.14. The summed E-state index contributed by atoms with van der Waals surface area (Å²) in [6, 6.07) is 6.94. The monoisotopic (exact) mass is 287 g/mol. The number of aryl methyl sites for hydroxylation is 3. The summed E-state index contributed by atoms with van der Waals surface area (Å²) < 4.78 is 1.29. The van der Waals surface area contributed by atoms with Gasteiger partial charge in [0.25, 0.3) is 5.56 Å². The van der Waals surface area contributed by atoms with Gasteiger partial charge in [0, 0.05) is 30.9 Å². The van der Waals surface area contributed by atoms with Gasteiger partial charge in [-0.2, -0.15) is 0 Å². The molecule has 0 radical (unpaired) electrons. The largest absolute Gasteiger partial charge is 0.328 e. The van der Waals surface area contributed by atoms with Crippen LogP contribution in [0.15, 0.2) is 40.1 Å². The Labute approximate surface area is 121 Å². The summed E-state index contributed by atoms with van der Waals surface area (Å²) in [5.41, 5.74) is 2.03. The highest BCUT2D eigenvalue weighted by molar-refractivity contribution is 5.90. The van der Waals surface area contributed by atoms with Crippen molar-refractivity contribution in [3.8, 4) is 0 Å². The number of H-pyrrole nitrogens is 1. The summed E-state index contributed by atoms with van der Waals surface area (Å²) in [6.45, 7) is 4.20. The predicted molar refractivity (Wildman–Crippen MR) is 80.5 cm³/mol. The van der Waals surface area contributed by atoms with E-state index in [9.17, 15) is 14.4 Å². The maximum Gasteiger partial charge on any atom is 0.328 e. The summed E-state index contributed by atoms with van der Waals surface area (Å²) >= 11 is 0. The van der Waals surface area contributed by atoms with Crippen LogP contribution in [-0.2, 0) is 11.3 Å². The molecule has 21 heavy (non-hydrogen) atoms. The van der Waals surface area contributed by atoms with Crippen molar-refractivity contribution in [2.24, 2.45) is 0 Å². The van der Waals surface area contributed by atoms with Gasteiger partial charge in [-0.3, -0.25) is 14.6 Å². The molecule has 0 aliphatic rings. The van der Waals surface area contributed by atoms with Crippen LogP contribution in [0, 0.1) is 13.8 Å². The standard InChI is InChI=1S/C15H17N3O3/c1-10-3-4-12(9-11(10)2)16-13(19)5-7-18-8-6-14(20)17-15(18)21/h3-4,6,8-9H,5,7H2,1-2H3,(H,16,19)(H,17,20,21). The van der Waals surface area contributed by atoms with Crippen molar-refractivity contribution in [3.05, 3.63) is 62.4 Å². The Kier molecular flexibility index (Phi) is 4.37. The van der Waals surface area contributed by atoms with Gasteiger partial charge in [0.05, 0.1) is 0 Å². The summed E-state index contributed by atoms with van der Waals surface area (Å²) in [6.07, 6.45) is 1.53. The number of hydrogen-bond donors (Lipinski definition) is 2. The number of carbonyl (C=O) groups is 1. The van der Waals surface area contributed by atoms with Crippen molar-refractivity contribution in [3.63, 3.8) is 0 Å². The second kappa shape index (κ2) is 6.21. The van der Waals surface area contributed by atoms with Crippen LogP contribution in [0.5, 0.6) is 0 Å². The molecule has 0 bridgehead atoms. The minimum Gasteiger partial charge on any atom is -0.326 e. The van der Waals surface area contributed by atoms with E-state index in [1.54, 1.807) is 0 Å². The van der Waals surface area contributed by atoms with Crippen molar-refractivity contribution in [2.45, 2.75) is 26.8 Å². The van der Waals surface area contributed by atoms with Gasteiger partial charge < -0.3 is 9.88 Å². The van der Waals surface area contributed by atoms with E-state index in [0.717, 1.165) is 16.8 Å². The third-order valence-corrected chi connectivity index (χ3v) is 3.27. The molecule has 0 atom stereocenters. The number of aromatic amines is 1. The number of benzene rings is 1. The number of rotatable bonds is 4. The molecule has 110 valence electrons. The predicted octanol–water partition coefficient (Wildman–Crippen LogP) is 1.18. The second-order valence-corrected chi connectivity index (χ2v) is 4.90. The van der Waals surface area contributed by atoms with E-state index in [1.807, 2.05) is 32.0 Å². The Hall–Kier alpha value is -2.63. The van der Waals surface area contributed by atoms with Gasteiger partial charge in [-0.05, 0) is 37.1 Å². The van der Waals surface area contributed by atoms with Crippen LogP contribution >= 0.6 is 0 Å². The van der Waals surface area contributed by atoms with E-state index >= 15 is 0 Å². The fraction of sp³-hybridized carbons (Fsp3) is 0.267. The number of amides is 1. The van der Waals surface area contributed by atoms with Crippen molar-refractivity contribution >= 4 is 11.6 Å². The van der Waals surface area contributed by atoms with E-state index in [4.69, 9.17) is 0 Å². The van der Waals surface area contributed by atoms with Crippen LogP contribution in [0.1, 0.15) is 17.5 Å². The minimum absolute atomic E-state index is 0.152. The van der Waals surface area contributed by atoms with Crippen molar-refractivity contribution in [1.82, 2.24) is 9.55 Å². The van der Waals surface area contributed by atoms with Crippen molar-refractivity contribution in [1.29, 1.82) is 0 Å². The maximum absolute atomic E-state index is 11.9. The maximum atomic E-state index is 11.9. The fourth-order valence-electron chi connectivity index (χ4n) is 1.88. The lowest BCUT2D eigenvalue weighted by atomic mass is 10.1. The SMILES string of the molecule is Cc1ccc(NC(=O)CCn2ccc(=O)[nH]c2=O)cc1C. The van der Waals surface area contributed by atoms with E-state index < -0.39 is 11.2 Å². The van der Waals surface area contributed by atoms with Crippen molar-refractivity contribution in [2.75, 3.05) is 5.32 Å². The molecule has 0 spiro atoms. The molecule has 0 fully saturated rings. The van der Waals surface area contributed by atoms with Crippen LogP contribution in [-0.4, -0.2) is 15.5 Å². The first-order valence-corrected chi connectivity index (χ1v) is 6.62. The van der Waals surface area contributed by atoms with Crippen LogP contribution < -0.4 is 16.6 Å². The Balaban J connectivity index is 1.97. The number of nitrogens with zero attached hydrogens (tertiary/aromatic N) is 1. The summed E-state index contributed by atoms with van der Waals surface area (Å²) in [4.78, 5) is 36.4. The molecule has 0 aliphatic heterocycles. The average molecular weight is 287 g/mol. The highest BCUT2D eigenvalue weighted by atomic mass is 16.2. The van der Waals surface area contributed by atoms with Crippen molar-refractivity contribution < 1.29 is 4.79 Å². The number of anilines is 1. The molecule has 2 aromatic rings. The molecule has 0 unspecified atom stereocenters. The smallest absolute Gasteiger partial charge is 0.326 e. The first kappa shape index (κ1) is 14.8. The van der Waals surface area contributed by atoms with Gasteiger partial charge in [0.1, 0.15) is 0 Å². The van der Waals surface area contributed by atoms with Gasteiger partial charge in [0.2, 0.25) is 5.91 Å². The van der Waals surface area contributed by atoms with Gasteiger partial charge >= 0.3 is 5.69 Å². The first-order chi connectivity index (χ1) is 9.95. The number of carbonyl (C=O) groups excluding carboxylic acids is 1. The zero-order valence-electron chi connectivity index (χ0n) is 12.0. The highest BCUT2D eigenvalue weighted by Gasteiger charge is 2.05. The van der Waals surface area contributed by atoms with Gasteiger partial charge in [0.15, 0.2) is 0 Å². The number of hydrogen-bond acceptors (Lipinski definition) is 3. The molecule has 2 N–H and O–H groups in total. The van der Waals surface area contributed by atoms with Crippen LogP contribution in [0.25, 0.3) is 0 Å².